The molecule has 1 rings (SSSR count). The van der Waals surface area contributed by atoms with E-state index in [0.29, 0.717) is 22.7 Å². The first-order chi connectivity index (χ1) is 8.58. The number of hydrogen-bond acceptors (Lipinski definition) is 4. The van der Waals surface area contributed by atoms with Crippen LogP contribution in [0.2, 0.25) is 5.02 Å². The Morgan fingerprint density at radius 3 is 2.78 bits per heavy atom. The number of carbonyl (C=O) groups excluding carboxylic acids is 2. The third-order valence-corrected chi connectivity index (χ3v) is 2.55. The van der Waals surface area contributed by atoms with Crippen molar-refractivity contribution in [1.82, 2.24) is 0 Å². The maximum Gasteiger partial charge on any atom is 0.337 e. The van der Waals surface area contributed by atoms with Crippen LogP contribution in [0.5, 0.6) is 0 Å². The second-order valence-electron chi connectivity index (χ2n) is 3.56. The van der Waals surface area contributed by atoms with E-state index in [0.717, 1.165) is 0 Å². The number of nitrogens with one attached hydrogen (secondary N) is 1. The molecule has 0 radical (unpaired) electrons. The molecule has 0 spiro atoms. The number of amides is 1. The lowest BCUT2D eigenvalue weighted by Gasteiger charge is -2.08. The number of aliphatic hydroxyl groups is 1. The zero-order valence-corrected chi connectivity index (χ0v) is 10.7. The lowest BCUT2D eigenvalue weighted by molar-refractivity contribution is -0.116. The van der Waals surface area contributed by atoms with Crippen LogP contribution in [0.25, 0.3) is 0 Å². The third kappa shape index (κ3) is 4.01. The third-order valence-electron chi connectivity index (χ3n) is 2.22. The van der Waals surface area contributed by atoms with Crippen LogP contribution in [-0.2, 0) is 9.53 Å². The fourth-order valence-corrected chi connectivity index (χ4v) is 1.48. The van der Waals surface area contributed by atoms with Gasteiger partial charge in [-0.05, 0) is 24.6 Å². The number of aliphatic hydroxyl groups excluding tert-OH is 1. The van der Waals surface area contributed by atoms with Gasteiger partial charge in [0.1, 0.15) is 0 Å². The SMILES string of the molecule is COC(=O)c1ccc(Cl)c(NC(=O)CCCO)c1. The number of hydrogen-bond donors (Lipinski definition) is 2. The molecule has 0 aromatic heterocycles. The molecule has 0 aliphatic carbocycles. The van der Waals surface area contributed by atoms with Crippen molar-refractivity contribution in [2.24, 2.45) is 0 Å². The lowest BCUT2D eigenvalue weighted by atomic mass is 10.2. The van der Waals surface area contributed by atoms with E-state index in [1.165, 1.54) is 25.3 Å². The van der Waals surface area contributed by atoms with Gasteiger partial charge in [0.15, 0.2) is 0 Å². The highest BCUT2D eigenvalue weighted by atomic mass is 35.5. The molecule has 0 heterocycles. The highest BCUT2D eigenvalue weighted by Crippen LogP contribution is 2.23. The first-order valence-electron chi connectivity index (χ1n) is 5.37. The topological polar surface area (TPSA) is 75.6 Å². The summed E-state index contributed by atoms with van der Waals surface area (Å²) < 4.78 is 4.57. The number of methoxy groups -OCH3 is 1. The van der Waals surface area contributed by atoms with Crippen LogP contribution in [0.15, 0.2) is 18.2 Å². The molecule has 0 aliphatic heterocycles. The van der Waals surface area contributed by atoms with E-state index in [4.69, 9.17) is 16.7 Å². The van der Waals surface area contributed by atoms with Gasteiger partial charge in [-0.25, -0.2) is 4.79 Å². The Labute approximate surface area is 110 Å². The predicted molar refractivity (Wildman–Crippen MR) is 67.7 cm³/mol. The van der Waals surface area contributed by atoms with Crippen LogP contribution in [0.4, 0.5) is 5.69 Å². The Morgan fingerprint density at radius 2 is 2.17 bits per heavy atom. The molecule has 0 aliphatic rings. The van der Waals surface area contributed by atoms with E-state index in [-0.39, 0.29) is 18.9 Å². The highest BCUT2D eigenvalue weighted by molar-refractivity contribution is 6.33. The predicted octanol–water partition coefficient (Wildman–Crippen LogP) is 1.84. The lowest BCUT2D eigenvalue weighted by Crippen LogP contribution is -2.13. The summed E-state index contributed by atoms with van der Waals surface area (Å²) in [5, 5.41) is 11.5. The Morgan fingerprint density at radius 1 is 1.44 bits per heavy atom. The Hall–Kier alpha value is -1.59. The van der Waals surface area contributed by atoms with Crippen molar-refractivity contribution in [2.45, 2.75) is 12.8 Å². The van der Waals surface area contributed by atoms with Crippen molar-refractivity contribution in [3.05, 3.63) is 28.8 Å². The second kappa shape index (κ2) is 6.98. The zero-order chi connectivity index (χ0) is 13.5. The maximum absolute atomic E-state index is 11.5. The van der Waals surface area contributed by atoms with Gasteiger partial charge in [-0.3, -0.25) is 4.79 Å². The summed E-state index contributed by atoms with van der Waals surface area (Å²) in [4.78, 5) is 22.8. The molecule has 1 amide bonds. The van der Waals surface area contributed by atoms with Gasteiger partial charge in [-0.1, -0.05) is 11.6 Å². The van der Waals surface area contributed by atoms with Crippen LogP contribution >= 0.6 is 11.6 Å². The van der Waals surface area contributed by atoms with Crippen molar-refractivity contribution in [1.29, 1.82) is 0 Å². The van der Waals surface area contributed by atoms with E-state index in [2.05, 4.69) is 10.1 Å². The summed E-state index contributed by atoms with van der Waals surface area (Å²) in [7, 11) is 1.27. The van der Waals surface area contributed by atoms with E-state index in [1.54, 1.807) is 0 Å². The minimum Gasteiger partial charge on any atom is -0.465 e. The molecule has 0 saturated heterocycles. The van der Waals surface area contributed by atoms with Gasteiger partial charge in [-0.15, -0.1) is 0 Å². The van der Waals surface area contributed by atoms with E-state index in [9.17, 15) is 9.59 Å². The molecule has 0 unspecified atom stereocenters. The number of ether oxygens (including phenoxy) is 1. The van der Waals surface area contributed by atoms with Gasteiger partial charge in [0.05, 0.1) is 23.4 Å². The van der Waals surface area contributed by atoms with Crippen molar-refractivity contribution in [2.75, 3.05) is 19.0 Å². The average molecular weight is 272 g/mol. The van der Waals surface area contributed by atoms with Gasteiger partial charge < -0.3 is 15.2 Å². The molecule has 0 saturated carbocycles. The number of carbonyl (C=O) groups is 2. The van der Waals surface area contributed by atoms with Gasteiger partial charge in [0.2, 0.25) is 5.91 Å². The quantitative estimate of drug-likeness (QED) is 0.801. The van der Waals surface area contributed by atoms with Crippen LogP contribution in [0.3, 0.4) is 0 Å². The standard InChI is InChI=1S/C12H14ClNO4/c1-18-12(17)8-4-5-9(13)10(7-8)14-11(16)3-2-6-15/h4-5,7,15H,2-3,6H2,1H3,(H,14,16). The zero-order valence-electron chi connectivity index (χ0n) is 9.90. The molecule has 2 N–H and O–H groups in total. The average Bonchev–Trinajstić information content (AvgIpc) is 2.38. The Kier molecular flexibility index (Phi) is 5.61. The summed E-state index contributed by atoms with van der Waals surface area (Å²) in [6, 6.07) is 4.47. The van der Waals surface area contributed by atoms with E-state index in [1.807, 2.05) is 0 Å². The second-order valence-corrected chi connectivity index (χ2v) is 3.97. The summed E-state index contributed by atoms with van der Waals surface area (Å²) in [5.41, 5.74) is 0.655. The molecule has 0 fully saturated rings. The minimum atomic E-state index is -0.502. The van der Waals surface area contributed by atoms with Crippen molar-refractivity contribution >= 4 is 29.2 Å². The molecule has 1 aromatic carbocycles. The molecule has 5 nitrogen and oxygen atoms in total. The summed E-state index contributed by atoms with van der Waals surface area (Å²) in [6.07, 6.45) is 0.565. The normalized spacial score (nSPS) is 9.94. The van der Waals surface area contributed by atoms with Crippen molar-refractivity contribution in [3.8, 4) is 0 Å². The number of rotatable bonds is 5. The molecule has 0 atom stereocenters. The maximum atomic E-state index is 11.5. The van der Waals surface area contributed by atoms with Gasteiger partial charge in [0, 0.05) is 13.0 Å². The minimum absolute atomic E-state index is 0.0522. The van der Waals surface area contributed by atoms with Crippen molar-refractivity contribution in [3.63, 3.8) is 0 Å². The van der Waals surface area contributed by atoms with Crippen molar-refractivity contribution < 1.29 is 19.4 Å². The molecular weight excluding hydrogens is 258 g/mol. The number of anilines is 1. The van der Waals surface area contributed by atoms with Crippen LogP contribution in [0, 0.1) is 0 Å². The van der Waals surface area contributed by atoms with Gasteiger partial charge in [-0.2, -0.15) is 0 Å². The highest BCUT2D eigenvalue weighted by Gasteiger charge is 2.10. The number of benzene rings is 1. The van der Waals surface area contributed by atoms with Gasteiger partial charge >= 0.3 is 5.97 Å². The van der Waals surface area contributed by atoms with Crippen LogP contribution in [0.1, 0.15) is 23.2 Å². The fourth-order valence-electron chi connectivity index (χ4n) is 1.32. The van der Waals surface area contributed by atoms with Crippen LogP contribution in [-0.4, -0.2) is 30.7 Å². The summed E-state index contributed by atoms with van der Waals surface area (Å²) in [5.74, 6) is -0.773. The number of halogens is 1. The molecule has 1 aromatic rings. The first-order valence-corrected chi connectivity index (χ1v) is 5.75. The first kappa shape index (κ1) is 14.5. The fraction of sp³-hybridized carbons (Fsp3) is 0.333. The number of esters is 1. The molecule has 0 bridgehead atoms. The summed E-state index contributed by atoms with van der Waals surface area (Å²) >= 11 is 5.91. The Bertz CT molecular complexity index is 448. The van der Waals surface area contributed by atoms with E-state index < -0.39 is 5.97 Å². The molecule has 98 valence electrons. The molecular formula is C12H14ClNO4. The van der Waals surface area contributed by atoms with Crippen LogP contribution < -0.4 is 5.32 Å². The smallest absolute Gasteiger partial charge is 0.337 e. The monoisotopic (exact) mass is 271 g/mol. The Balaban J connectivity index is 2.81. The molecule has 6 heteroatoms. The summed E-state index contributed by atoms with van der Waals surface area (Å²) in [6.45, 7) is -0.0522. The molecule has 18 heavy (non-hydrogen) atoms. The van der Waals surface area contributed by atoms with Gasteiger partial charge in [0.25, 0.3) is 0 Å². The van der Waals surface area contributed by atoms with E-state index >= 15 is 0 Å². The largest absolute Gasteiger partial charge is 0.465 e.